The number of hydrogen-bond donors (Lipinski definition) is 1. The molecule has 1 N–H and O–H groups in total. The Hall–Kier alpha value is -3.84. The Balaban J connectivity index is 1.47. The predicted molar refractivity (Wildman–Crippen MR) is 133 cm³/mol. The third-order valence-electron chi connectivity index (χ3n) is 5.34. The van der Waals surface area contributed by atoms with E-state index in [1.165, 1.54) is 0 Å². The first-order chi connectivity index (χ1) is 16.5. The van der Waals surface area contributed by atoms with Crippen LogP contribution in [0.2, 0.25) is 5.02 Å². The Morgan fingerprint density at radius 1 is 1.00 bits per heavy atom. The summed E-state index contributed by atoms with van der Waals surface area (Å²) >= 11 is 5.87. The molecule has 0 aliphatic heterocycles. The number of rotatable bonds is 9. The van der Waals surface area contributed by atoms with E-state index in [9.17, 15) is 9.59 Å². The van der Waals surface area contributed by atoms with Gasteiger partial charge in [0.05, 0.1) is 17.6 Å². The normalized spacial score (nSPS) is 10.8. The first-order valence-electron chi connectivity index (χ1n) is 11.0. The van der Waals surface area contributed by atoms with Crippen molar-refractivity contribution in [1.82, 2.24) is 14.9 Å². The van der Waals surface area contributed by atoms with Crippen molar-refractivity contribution in [2.24, 2.45) is 0 Å². The number of aromatic nitrogens is 2. The average molecular weight is 477 g/mol. The van der Waals surface area contributed by atoms with Crippen LogP contribution in [-0.4, -0.2) is 34.5 Å². The van der Waals surface area contributed by atoms with E-state index in [1.807, 2.05) is 66.1 Å². The Morgan fingerprint density at radius 3 is 2.44 bits per heavy atom. The zero-order valence-electron chi connectivity index (χ0n) is 18.8. The molecular weight excluding hydrogens is 452 g/mol. The van der Waals surface area contributed by atoms with E-state index >= 15 is 0 Å². The van der Waals surface area contributed by atoms with Crippen molar-refractivity contribution in [3.8, 4) is 5.75 Å². The molecule has 0 saturated carbocycles. The number of amides is 2. The molecule has 0 aliphatic rings. The van der Waals surface area contributed by atoms with Crippen LogP contribution in [0.5, 0.6) is 5.75 Å². The number of para-hydroxylation sites is 3. The second-order valence-electron chi connectivity index (χ2n) is 7.60. The SMILES string of the molecule is CCN(C(=O)Cn1c(CNC(=O)COc2ccc(Cl)cc2)nc2ccccc21)c1ccccc1. The van der Waals surface area contributed by atoms with Gasteiger partial charge < -0.3 is 19.5 Å². The van der Waals surface area contributed by atoms with Crippen molar-refractivity contribution >= 4 is 40.1 Å². The zero-order valence-corrected chi connectivity index (χ0v) is 19.5. The van der Waals surface area contributed by atoms with E-state index in [4.69, 9.17) is 16.3 Å². The molecule has 0 spiro atoms. The maximum absolute atomic E-state index is 13.2. The number of imidazole rings is 1. The summed E-state index contributed by atoms with van der Waals surface area (Å²) in [6.07, 6.45) is 0. The number of nitrogens with one attached hydrogen (secondary N) is 1. The molecule has 0 radical (unpaired) electrons. The van der Waals surface area contributed by atoms with Gasteiger partial charge in [-0.25, -0.2) is 4.98 Å². The number of halogens is 1. The van der Waals surface area contributed by atoms with Crippen molar-refractivity contribution in [3.63, 3.8) is 0 Å². The van der Waals surface area contributed by atoms with Gasteiger partial charge in [-0.1, -0.05) is 41.9 Å². The number of likely N-dealkylation sites (N-methyl/N-ethyl adjacent to an activating group) is 1. The van der Waals surface area contributed by atoms with Crippen molar-refractivity contribution in [1.29, 1.82) is 0 Å². The van der Waals surface area contributed by atoms with Gasteiger partial charge in [0.25, 0.3) is 5.91 Å². The average Bonchev–Trinajstić information content (AvgIpc) is 3.20. The van der Waals surface area contributed by atoms with E-state index in [1.54, 1.807) is 29.2 Å². The van der Waals surface area contributed by atoms with Crippen LogP contribution >= 0.6 is 11.6 Å². The third-order valence-corrected chi connectivity index (χ3v) is 5.59. The smallest absolute Gasteiger partial charge is 0.258 e. The van der Waals surface area contributed by atoms with Crippen molar-refractivity contribution in [2.45, 2.75) is 20.0 Å². The van der Waals surface area contributed by atoms with Crippen LogP contribution in [-0.2, 0) is 22.7 Å². The molecule has 1 aromatic heterocycles. The predicted octanol–water partition coefficient (Wildman–Crippen LogP) is 4.44. The molecule has 4 rings (SSSR count). The molecule has 0 fully saturated rings. The molecule has 4 aromatic rings. The van der Waals surface area contributed by atoms with Crippen molar-refractivity contribution < 1.29 is 14.3 Å². The molecule has 0 bridgehead atoms. The molecule has 8 heteroatoms. The van der Waals surface area contributed by atoms with Crippen LogP contribution < -0.4 is 15.0 Å². The molecule has 0 unspecified atom stereocenters. The fourth-order valence-electron chi connectivity index (χ4n) is 3.68. The lowest BCUT2D eigenvalue weighted by Crippen LogP contribution is -2.35. The quantitative estimate of drug-likeness (QED) is 0.387. The highest BCUT2D eigenvalue weighted by Gasteiger charge is 2.19. The molecule has 0 aliphatic carbocycles. The summed E-state index contributed by atoms with van der Waals surface area (Å²) in [5, 5.41) is 3.43. The summed E-state index contributed by atoms with van der Waals surface area (Å²) in [6, 6.07) is 24.0. The monoisotopic (exact) mass is 476 g/mol. The van der Waals surface area contributed by atoms with Crippen LogP contribution in [0.1, 0.15) is 12.7 Å². The van der Waals surface area contributed by atoms with Crippen molar-refractivity contribution in [3.05, 3.63) is 89.7 Å². The van der Waals surface area contributed by atoms with Gasteiger partial charge in [-0.3, -0.25) is 9.59 Å². The van der Waals surface area contributed by atoms with Gasteiger partial charge in [0.2, 0.25) is 5.91 Å². The van der Waals surface area contributed by atoms with Crippen LogP contribution in [0.15, 0.2) is 78.9 Å². The number of carbonyl (C=O) groups is 2. The lowest BCUT2D eigenvalue weighted by Gasteiger charge is -2.22. The minimum absolute atomic E-state index is 0.0597. The van der Waals surface area contributed by atoms with Gasteiger partial charge in [-0.2, -0.15) is 0 Å². The fourth-order valence-corrected chi connectivity index (χ4v) is 3.80. The standard InChI is InChI=1S/C26H25ClN4O3/c1-2-30(20-8-4-3-5-9-20)26(33)17-31-23-11-7-6-10-22(23)29-24(31)16-28-25(32)18-34-21-14-12-19(27)13-15-21/h3-15H,2,16-18H2,1H3,(H,28,32). The first-order valence-corrected chi connectivity index (χ1v) is 11.4. The highest BCUT2D eigenvalue weighted by Crippen LogP contribution is 2.19. The number of hydrogen-bond acceptors (Lipinski definition) is 4. The molecule has 174 valence electrons. The highest BCUT2D eigenvalue weighted by atomic mass is 35.5. The summed E-state index contributed by atoms with van der Waals surface area (Å²) in [7, 11) is 0. The number of anilines is 1. The summed E-state index contributed by atoms with van der Waals surface area (Å²) in [6.45, 7) is 2.62. The van der Waals surface area contributed by atoms with Gasteiger partial charge in [-0.05, 0) is 55.5 Å². The lowest BCUT2D eigenvalue weighted by atomic mass is 10.2. The van der Waals surface area contributed by atoms with Crippen LogP contribution in [0.3, 0.4) is 0 Å². The topological polar surface area (TPSA) is 76.5 Å². The summed E-state index contributed by atoms with van der Waals surface area (Å²) < 4.78 is 7.35. The van der Waals surface area contributed by atoms with E-state index in [-0.39, 0.29) is 31.5 Å². The summed E-state index contributed by atoms with van der Waals surface area (Å²) in [5.41, 5.74) is 2.44. The Bertz CT molecular complexity index is 1270. The van der Waals surface area contributed by atoms with Crippen LogP contribution in [0.4, 0.5) is 5.69 Å². The molecule has 34 heavy (non-hydrogen) atoms. The summed E-state index contributed by atoms with van der Waals surface area (Å²) in [4.78, 5) is 32.0. The molecule has 2 amide bonds. The second kappa shape index (κ2) is 10.9. The van der Waals surface area contributed by atoms with E-state index in [2.05, 4.69) is 10.3 Å². The molecular formula is C26H25ClN4O3. The van der Waals surface area contributed by atoms with Gasteiger partial charge in [0.15, 0.2) is 6.61 Å². The van der Waals surface area contributed by atoms with Crippen LogP contribution in [0.25, 0.3) is 11.0 Å². The Labute approximate surface area is 202 Å². The van der Waals surface area contributed by atoms with Gasteiger partial charge in [0.1, 0.15) is 18.1 Å². The first kappa shape index (κ1) is 23.3. The number of ether oxygens (including phenoxy) is 1. The van der Waals surface area contributed by atoms with E-state index in [0.29, 0.717) is 23.1 Å². The number of nitrogens with zero attached hydrogens (tertiary/aromatic N) is 3. The minimum atomic E-state index is -0.292. The zero-order chi connectivity index (χ0) is 23.9. The number of benzene rings is 3. The molecule has 1 heterocycles. The fraction of sp³-hybridized carbons (Fsp3) is 0.192. The lowest BCUT2D eigenvalue weighted by molar-refractivity contribution is -0.123. The summed E-state index contributed by atoms with van der Waals surface area (Å²) in [5.74, 6) is 0.798. The van der Waals surface area contributed by atoms with Crippen LogP contribution in [0, 0.1) is 0 Å². The van der Waals surface area contributed by atoms with E-state index < -0.39 is 0 Å². The molecule has 0 atom stereocenters. The third kappa shape index (κ3) is 5.55. The number of fused-ring (bicyclic) bond motifs is 1. The minimum Gasteiger partial charge on any atom is -0.484 e. The van der Waals surface area contributed by atoms with Gasteiger partial charge >= 0.3 is 0 Å². The Kier molecular flexibility index (Phi) is 7.44. The van der Waals surface area contributed by atoms with Gasteiger partial charge in [-0.15, -0.1) is 0 Å². The van der Waals surface area contributed by atoms with E-state index in [0.717, 1.165) is 16.7 Å². The molecule has 7 nitrogen and oxygen atoms in total. The van der Waals surface area contributed by atoms with Gasteiger partial charge in [0, 0.05) is 17.3 Å². The maximum Gasteiger partial charge on any atom is 0.258 e. The molecule has 0 saturated heterocycles. The number of carbonyl (C=O) groups excluding carboxylic acids is 2. The maximum atomic E-state index is 13.2. The van der Waals surface area contributed by atoms with Crippen molar-refractivity contribution in [2.75, 3.05) is 18.1 Å². The highest BCUT2D eigenvalue weighted by molar-refractivity contribution is 6.30. The molecule has 3 aromatic carbocycles. The largest absolute Gasteiger partial charge is 0.484 e. The second-order valence-corrected chi connectivity index (χ2v) is 8.03. The Morgan fingerprint density at radius 2 is 1.71 bits per heavy atom.